The van der Waals surface area contributed by atoms with Gasteiger partial charge in [0.1, 0.15) is 0 Å². The molecule has 2 aliphatic rings. The van der Waals surface area contributed by atoms with Gasteiger partial charge in [0.15, 0.2) is 0 Å². The van der Waals surface area contributed by atoms with Crippen molar-refractivity contribution < 1.29 is 9.53 Å². The molecule has 2 aliphatic heterocycles. The Balaban J connectivity index is 1.89. The summed E-state index contributed by atoms with van der Waals surface area (Å²) in [6.07, 6.45) is 1.08. The minimum absolute atomic E-state index is 0.268. The monoisotopic (exact) mass is 246 g/mol. The summed E-state index contributed by atoms with van der Waals surface area (Å²) in [6.45, 7) is 2.95. The lowest BCUT2D eigenvalue weighted by molar-refractivity contribution is -0.116. The van der Waals surface area contributed by atoms with Gasteiger partial charge in [-0.1, -0.05) is 18.2 Å². The topological polar surface area (TPSA) is 55.6 Å². The number of fused-ring (bicyclic) bond motifs is 1. The molecule has 0 unspecified atom stereocenters. The number of carbonyl (C=O) groups excluding carboxylic acids is 1. The average Bonchev–Trinajstić information content (AvgIpc) is 2.29. The van der Waals surface area contributed by atoms with Crippen LogP contribution in [0.25, 0.3) is 0 Å². The van der Waals surface area contributed by atoms with Crippen molar-refractivity contribution in [2.24, 2.45) is 11.7 Å². The van der Waals surface area contributed by atoms with Crippen molar-refractivity contribution in [3.63, 3.8) is 0 Å². The van der Waals surface area contributed by atoms with Crippen LogP contribution in [-0.2, 0) is 9.53 Å². The van der Waals surface area contributed by atoms with E-state index in [-0.39, 0.29) is 5.91 Å². The van der Waals surface area contributed by atoms with Crippen LogP contribution in [0.4, 0.5) is 5.69 Å². The number of amides is 1. The van der Waals surface area contributed by atoms with Crippen LogP contribution in [0.15, 0.2) is 24.3 Å². The molecule has 1 fully saturated rings. The molecule has 96 valence electrons. The number of carbonyl (C=O) groups is 1. The van der Waals surface area contributed by atoms with Crippen LogP contribution in [0.5, 0.6) is 0 Å². The van der Waals surface area contributed by atoms with Gasteiger partial charge in [-0.3, -0.25) is 4.79 Å². The molecule has 1 amide bonds. The predicted octanol–water partition coefficient (Wildman–Crippen LogP) is 1.11. The summed E-state index contributed by atoms with van der Waals surface area (Å²) < 4.78 is 5.31. The molecule has 1 atom stereocenters. The molecule has 4 nitrogen and oxygen atoms in total. The maximum Gasteiger partial charge on any atom is 0.236 e. The fraction of sp³-hybridized carbons (Fsp3) is 0.500. The molecule has 0 saturated carbocycles. The second-order valence-corrected chi connectivity index (χ2v) is 5.14. The molecule has 2 N–H and O–H groups in total. The fourth-order valence-electron chi connectivity index (χ4n) is 2.99. The lowest BCUT2D eigenvalue weighted by Gasteiger charge is -2.41. The van der Waals surface area contributed by atoms with E-state index in [4.69, 9.17) is 10.5 Å². The lowest BCUT2D eigenvalue weighted by Crippen LogP contribution is -2.42. The third-order valence-corrected chi connectivity index (χ3v) is 3.97. The van der Waals surface area contributed by atoms with Crippen molar-refractivity contribution in [2.45, 2.75) is 12.3 Å². The number of rotatable bonds is 3. The highest BCUT2D eigenvalue weighted by atomic mass is 16.5. The maximum atomic E-state index is 11.1. The second-order valence-electron chi connectivity index (χ2n) is 5.14. The molecular formula is C14H18N2O2. The summed E-state index contributed by atoms with van der Waals surface area (Å²) in [4.78, 5) is 13.2. The Morgan fingerprint density at radius 1 is 1.39 bits per heavy atom. The van der Waals surface area contributed by atoms with Gasteiger partial charge in [-0.15, -0.1) is 0 Å². The van der Waals surface area contributed by atoms with Gasteiger partial charge >= 0.3 is 0 Å². The SMILES string of the molecule is NC(=O)CN1CC[C@H](C2COC2)c2ccccc21. The van der Waals surface area contributed by atoms with E-state index in [0.29, 0.717) is 18.4 Å². The number of ether oxygens (including phenoxy) is 1. The molecule has 1 aromatic carbocycles. The normalized spacial score (nSPS) is 23.3. The van der Waals surface area contributed by atoms with Crippen LogP contribution in [0.1, 0.15) is 17.9 Å². The van der Waals surface area contributed by atoms with Crippen LogP contribution >= 0.6 is 0 Å². The van der Waals surface area contributed by atoms with Crippen LogP contribution in [0.3, 0.4) is 0 Å². The van der Waals surface area contributed by atoms with Crippen LogP contribution in [0, 0.1) is 5.92 Å². The molecule has 0 aliphatic carbocycles. The number of anilines is 1. The first kappa shape index (κ1) is 11.5. The second kappa shape index (κ2) is 4.61. The van der Waals surface area contributed by atoms with E-state index in [0.717, 1.165) is 26.2 Å². The third kappa shape index (κ3) is 1.97. The highest BCUT2D eigenvalue weighted by Gasteiger charge is 2.34. The Morgan fingerprint density at radius 2 is 2.17 bits per heavy atom. The maximum absolute atomic E-state index is 11.1. The number of hydrogen-bond donors (Lipinski definition) is 1. The van der Waals surface area contributed by atoms with Crippen molar-refractivity contribution in [3.05, 3.63) is 29.8 Å². The molecule has 0 radical (unpaired) electrons. The number of nitrogens with zero attached hydrogens (tertiary/aromatic N) is 1. The highest BCUT2D eigenvalue weighted by Crippen LogP contribution is 2.41. The Bertz CT molecular complexity index is 457. The van der Waals surface area contributed by atoms with Gasteiger partial charge in [-0.25, -0.2) is 0 Å². The largest absolute Gasteiger partial charge is 0.381 e. The van der Waals surface area contributed by atoms with Crippen LogP contribution in [0.2, 0.25) is 0 Å². The van der Waals surface area contributed by atoms with Gasteiger partial charge in [-0.05, 0) is 24.0 Å². The van der Waals surface area contributed by atoms with E-state index in [1.807, 2.05) is 6.07 Å². The zero-order chi connectivity index (χ0) is 12.5. The van der Waals surface area contributed by atoms with Crippen molar-refractivity contribution in [2.75, 3.05) is 31.2 Å². The fourth-order valence-corrected chi connectivity index (χ4v) is 2.99. The summed E-state index contributed by atoms with van der Waals surface area (Å²) in [5.74, 6) is 0.941. The van der Waals surface area contributed by atoms with E-state index in [9.17, 15) is 4.79 Å². The van der Waals surface area contributed by atoms with Gasteiger partial charge in [0.2, 0.25) is 5.91 Å². The summed E-state index contributed by atoms with van der Waals surface area (Å²) in [6, 6.07) is 8.35. The minimum Gasteiger partial charge on any atom is -0.381 e. The van der Waals surface area contributed by atoms with E-state index in [1.165, 1.54) is 11.3 Å². The first-order chi connectivity index (χ1) is 8.75. The standard InChI is InChI=1S/C14H18N2O2/c15-14(17)7-16-6-5-11(10-8-18-9-10)12-3-1-2-4-13(12)16/h1-4,10-11H,5-9H2,(H2,15,17)/t11-/m1/s1. The quantitative estimate of drug-likeness (QED) is 0.869. The summed E-state index contributed by atoms with van der Waals surface area (Å²) >= 11 is 0. The van der Waals surface area contributed by atoms with Gasteiger partial charge < -0.3 is 15.4 Å². The molecule has 1 aromatic rings. The lowest BCUT2D eigenvalue weighted by atomic mass is 9.79. The molecule has 0 aromatic heterocycles. The number of hydrogen-bond acceptors (Lipinski definition) is 3. The van der Waals surface area contributed by atoms with Gasteiger partial charge in [0, 0.05) is 18.2 Å². The summed E-state index contributed by atoms with van der Waals surface area (Å²) in [5, 5.41) is 0. The minimum atomic E-state index is -0.268. The molecular weight excluding hydrogens is 228 g/mol. The van der Waals surface area contributed by atoms with Crippen molar-refractivity contribution >= 4 is 11.6 Å². The third-order valence-electron chi connectivity index (χ3n) is 3.97. The molecule has 4 heteroatoms. The number of benzene rings is 1. The molecule has 0 spiro atoms. The first-order valence-corrected chi connectivity index (χ1v) is 6.45. The molecule has 3 rings (SSSR count). The van der Waals surface area contributed by atoms with Gasteiger partial charge in [0.25, 0.3) is 0 Å². The highest BCUT2D eigenvalue weighted by molar-refractivity contribution is 5.80. The number of nitrogens with two attached hydrogens (primary N) is 1. The average molecular weight is 246 g/mol. The van der Waals surface area contributed by atoms with E-state index in [2.05, 4.69) is 23.1 Å². The zero-order valence-corrected chi connectivity index (χ0v) is 10.3. The number of para-hydroxylation sites is 1. The molecule has 18 heavy (non-hydrogen) atoms. The van der Waals surface area contributed by atoms with Gasteiger partial charge in [-0.2, -0.15) is 0 Å². The molecule has 2 heterocycles. The Hall–Kier alpha value is -1.55. The van der Waals surface area contributed by atoms with Crippen molar-refractivity contribution in [1.29, 1.82) is 0 Å². The van der Waals surface area contributed by atoms with E-state index in [1.54, 1.807) is 0 Å². The Morgan fingerprint density at radius 3 is 2.83 bits per heavy atom. The summed E-state index contributed by atoms with van der Waals surface area (Å²) in [7, 11) is 0. The smallest absolute Gasteiger partial charge is 0.236 e. The van der Waals surface area contributed by atoms with E-state index < -0.39 is 0 Å². The zero-order valence-electron chi connectivity index (χ0n) is 10.3. The molecule has 1 saturated heterocycles. The summed E-state index contributed by atoms with van der Waals surface area (Å²) in [5.41, 5.74) is 7.82. The van der Waals surface area contributed by atoms with E-state index >= 15 is 0 Å². The molecule has 0 bridgehead atoms. The van der Waals surface area contributed by atoms with Crippen molar-refractivity contribution in [3.8, 4) is 0 Å². The Labute approximate surface area is 107 Å². The number of primary amides is 1. The predicted molar refractivity (Wildman–Crippen MR) is 69.5 cm³/mol. The van der Waals surface area contributed by atoms with Crippen LogP contribution < -0.4 is 10.6 Å². The first-order valence-electron chi connectivity index (χ1n) is 6.45. The van der Waals surface area contributed by atoms with Crippen LogP contribution in [-0.4, -0.2) is 32.2 Å². The Kier molecular flexibility index (Phi) is 2.96. The van der Waals surface area contributed by atoms with Crippen molar-refractivity contribution in [1.82, 2.24) is 0 Å². The van der Waals surface area contributed by atoms with Gasteiger partial charge in [0.05, 0.1) is 19.8 Å².